The van der Waals surface area contributed by atoms with Crippen LogP contribution in [0, 0.1) is 0 Å². The summed E-state index contributed by atoms with van der Waals surface area (Å²) in [5.41, 5.74) is 1.13. The van der Waals surface area contributed by atoms with E-state index in [0.29, 0.717) is 6.54 Å². The molecule has 0 aliphatic carbocycles. The molecule has 0 radical (unpaired) electrons. The van der Waals surface area contributed by atoms with Crippen molar-refractivity contribution in [1.82, 2.24) is 5.32 Å². The standard InChI is InChI=1S/C11H14BrNO2/c1-8(11(14)15-2)13-7-9-3-5-10(12)6-4-9/h3-6,8,13H,7H2,1-2H3. The highest BCUT2D eigenvalue weighted by Crippen LogP contribution is 2.10. The second-order valence-electron chi connectivity index (χ2n) is 3.25. The number of ether oxygens (including phenoxy) is 1. The van der Waals surface area contributed by atoms with Crippen LogP contribution in [0.3, 0.4) is 0 Å². The number of methoxy groups -OCH3 is 1. The Bertz CT molecular complexity index is 324. The number of nitrogens with one attached hydrogen (secondary N) is 1. The van der Waals surface area contributed by atoms with Gasteiger partial charge in [0, 0.05) is 11.0 Å². The van der Waals surface area contributed by atoms with Crippen molar-refractivity contribution in [2.45, 2.75) is 19.5 Å². The number of carbonyl (C=O) groups excluding carboxylic acids is 1. The van der Waals surface area contributed by atoms with Crippen molar-refractivity contribution < 1.29 is 9.53 Å². The lowest BCUT2D eigenvalue weighted by Crippen LogP contribution is -2.34. The van der Waals surface area contributed by atoms with Gasteiger partial charge >= 0.3 is 5.97 Å². The molecule has 3 nitrogen and oxygen atoms in total. The molecule has 0 saturated heterocycles. The SMILES string of the molecule is COC(=O)C(C)NCc1ccc(Br)cc1. The van der Waals surface area contributed by atoms with Crippen molar-refractivity contribution in [3.8, 4) is 0 Å². The Hall–Kier alpha value is -0.870. The van der Waals surface area contributed by atoms with Crippen LogP contribution in [0.2, 0.25) is 0 Å². The summed E-state index contributed by atoms with van der Waals surface area (Å²) in [4.78, 5) is 11.1. The Kier molecular flexibility index (Phi) is 4.78. The van der Waals surface area contributed by atoms with Gasteiger partial charge in [0.2, 0.25) is 0 Å². The van der Waals surface area contributed by atoms with Gasteiger partial charge in [0.15, 0.2) is 0 Å². The maximum Gasteiger partial charge on any atom is 0.322 e. The van der Waals surface area contributed by atoms with Crippen LogP contribution < -0.4 is 5.32 Å². The number of benzene rings is 1. The van der Waals surface area contributed by atoms with Gasteiger partial charge in [0.1, 0.15) is 6.04 Å². The van der Waals surface area contributed by atoms with E-state index in [4.69, 9.17) is 0 Å². The smallest absolute Gasteiger partial charge is 0.322 e. The molecule has 0 bridgehead atoms. The number of rotatable bonds is 4. The van der Waals surface area contributed by atoms with E-state index in [2.05, 4.69) is 26.0 Å². The number of hydrogen-bond acceptors (Lipinski definition) is 3. The van der Waals surface area contributed by atoms with Crippen LogP contribution in [0.4, 0.5) is 0 Å². The first-order valence-electron chi connectivity index (χ1n) is 4.69. The van der Waals surface area contributed by atoms with E-state index in [-0.39, 0.29) is 12.0 Å². The van der Waals surface area contributed by atoms with E-state index in [1.165, 1.54) is 7.11 Å². The van der Waals surface area contributed by atoms with Gasteiger partial charge in [-0.05, 0) is 24.6 Å². The van der Waals surface area contributed by atoms with Crippen molar-refractivity contribution >= 4 is 21.9 Å². The summed E-state index contributed by atoms with van der Waals surface area (Å²) in [6.07, 6.45) is 0. The summed E-state index contributed by atoms with van der Waals surface area (Å²) in [6.45, 7) is 2.44. The van der Waals surface area contributed by atoms with Crippen LogP contribution in [-0.2, 0) is 16.1 Å². The van der Waals surface area contributed by atoms with E-state index in [9.17, 15) is 4.79 Å². The molecule has 1 N–H and O–H groups in total. The summed E-state index contributed by atoms with van der Waals surface area (Å²) < 4.78 is 5.66. The third-order valence-electron chi connectivity index (χ3n) is 2.08. The number of hydrogen-bond donors (Lipinski definition) is 1. The predicted molar refractivity (Wildman–Crippen MR) is 62.5 cm³/mol. The zero-order valence-electron chi connectivity index (χ0n) is 8.79. The fraction of sp³-hybridized carbons (Fsp3) is 0.364. The average Bonchev–Trinajstić information content (AvgIpc) is 2.26. The molecule has 1 aromatic carbocycles. The molecule has 0 aliphatic heterocycles. The number of esters is 1. The van der Waals surface area contributed by atoms with Gasteiger partial charge < -0.3 is 10.1 Å². The fourth-order valence-electron chi connectivity index (χ4n) is 1.13. The van der Waals surface area contributed by atoms with E-state index >= 15 is 0 Å². The Labute approximate surface area is 97.9 Å². The molecule has 1 unspecified atom stereocenters. The van der Waals surface area contributed by atoms with Crippen LogP contribution in [-0.4, -0.2) is 19.1 Å². The van der Waals surface area contributed by atoms with E-state index < -0.39 is 0 Å². The number of halogens is 1. The first kappa shape index (κ1) is 12.2. The minimum Gasteiger partial charge on any atom is -0.468 e. The lowest BCUT2D eigenvalue weighted by molar-refractivity contribution is -0.142. The van der Waals surface area contributed by atoms with Crippen LogP contribution >= 0.6 is 15.9 Å². The molecule has 0 amide bonds. The lowest BCUT2D eigenvalue weighted by atomic mass is 10.2. The van der Waals surface area contributed by atoms with Crippen molar-refractivity contribution in [3.63, 3.8) is 0 Å². The van der Waals surface area contributed by atoms with Crippen LogP contribution in [0.5, 0.6) is 0 Å². The van der Waals surface area contributed by atoms with Gasteiger partial charge in [0.25, 0.3) is 0 Å². The second-order valence-corrected chi connectivity index (χ2v) is 4.17. The summed E-state index contributed by atoms with van der Waals surface area (Å²) >= 11 is 3.37. The molecule has 0 saturated carbocycles. The molecular weight excluding hydrogens is 258 g/mol. The van der Waals surface area contributed by atoms with Crippen LogP contribution in [0.1, 0.15) is 12.5 Å². The lowest BCUT2D eigenvalue weighted by Gasteiger charge is -2.11. The monoisotopic (exact) mass is 271 g/mol. The Morgan fingerprint density at radius 3 is 2.60 bits per heavy atom. The predicted octanol–water partition coefficient (Wildman–Crippen LogP) is 2.10. The largest absolute Gasteiger partial charge is 0.468 e. The summed E-state index contributed by atoms with van der Waals surface area (Å²) in [5.74, 6) is -0.243. The zero-order valence-corrected chi connectivity index (χ0v) is 10.4. The first-order valence-corrected chi connectivity index (χ1v) is 5.48. The van der Waals surface area contributed by atoms with Crippen molar-refractivity contribution in [2.75, 3.05) is 7.11 Å². The highest BCUT2D eigenvalue weighted by Gasteiger charge is 2.11. The highest BCUT2D eigenvalue weighted by molar-refractivity contribution is 9.10. The summed E-state index contributed by atoms with van der Waals surface area (Å²) in [5, 5.41) is 3.08. The Morgan fingerprint density at radius 2 is 2.07 bits per heavy atom. The fourth-order valence-corrected chi connectivity index (χ4v) is 1.40. The minimum atomic E-state index is -0.279. The Morgan fingerprint density at radius 1 is 1.47 bits per heavy atom. The molecule has 0 aliphatic rings. The molecular formula is C11H14BrNO2. The van der Waals surface area contributed by atoms with Gasteiger partial charge in [-0.25, -0.2) is 0 Å². The molecule has 0 spiro atoms. The molecule has 0 fully saturated rings. The average molecular weight is 272 g/mol. The molecule has 1 rings (SSSR count). The zero-order chi connectivity index (χ0) is 11.3. The molecule has 1 aromatic rings. The topological polar surface area (TPSA) is 38.3 Å². The highest BCUT2D eigenvalue weighted by atomic mass is 79.9. The third kappa shape index (κ3) is 4.01. The normalized spacial score (nSPS) is 12.2. The maximum atomic E-state index is 11.1. The van der Waals surface area contributed by atoms with Crippen LogP contribution in [0.25, 0.3) is 0 Å². The molecule has 1 atom stereocenters. The minimum absolute atomic E-state index is 0.243. The molecule has 15 heavy (non-hydrogen) atoms. The van der Waals surface area contributed by atoms with Crippen LogP contribution in [0.15, 0.2) is 28.7 Å². The summed E-state index contributed by atoms with van der Waals surface area (Å²) in [7, 11) is 1.39. The Balaban J connectivity index is 2.43. The first-order chi connectivity index (χ1) is 7.13. The molecule has 4 heteroatoms. The van der Waals surface area contributed by atoms with Gasteiger partial charge in [-0.2, -0.15) is 0 Å². The third-order valence-corrected chi connectivity index (χ3v) is 2.61. The summed E-state index contributed by atoms with van der Waals surface area (Å²) in [6, 6.07) is 7.67. The van der Waals surface area contributed by atoms with Crippen molar-refractivity contribution in [1.29, 1.82) is 0 Å². The van der Waals surface area contributed by atoms with Gasteiger partial charge in [-0.15, -0.1) is 0 Å². The molecule has 0 aromatic heterocycles. The van der Waals surface area contributed by atoms with Gasteiger partial charge in [-0.3, -0.25) is 4.79 Å². The molecule has 82 valence electrons. The van der Waals surface area contributed by atoms with E-state index in [1.54, 1.807) is 6.92 Å². The van der Waals surface area contributed by atoms with Gasteiger partial charge in [-0.1, -0.05) is 28.1 Å². The van der Waals surface area contributed by atoms with E-state index in [1.807, 2.05) is 24.3 Å². The van der Waals surface area contributed by atoms with Crippen molar-refractivity contribution in [2.24, 2.45) is 0 Å². The quantitative estimate of drug-likeness (QED) is 0.853. The van der Waals surface area contributed by atoms with Gasteiger partial charge in [0.05, 0.1) is 7.11 Å². The van der Waals surface area contributed by atoms with Crippen molar-refractivity contribution in [3.05, 3.63) is 34.3 Å². The van der Waals surface area contributed by atoms with E-state index in [0.717, 1.165) is 10.0 Å². The number of carbonyl (C=O) groups is 1. The second kappa shape index (κ2) is 5.88. The molecule has 0 heterocycles. The maximum absolute atomic E-state index is 11.1.